The Morgan fingerprint density at radius 2 is 1.74 bits per heavy atom. The molecule has 0 aliphatic rings. The van der Waals surface area contributed by atoms with Gasteiger partial charge in [-0.25, -0.2) is 4.79 Å². The van der Waals surface area contributed by atoms with Gasteiger partial charge in [-0.1, -0.05) is 30.3 Å². The summed E-state index contributed by atoms with van der Waals surface area (Å²) in [5.41, 5.74) is 2.21. The number of aromatic amines is 1. The van der Waals surface area contributed by atoms with Gasteiger partial charge in [0.1, 0.15) is 5.69 Å². The summed E-state index contributed by atoms with van der Waals surface area (Å²) >= 11 is 0. The molecule has 1 aromatic heterocycles. The summed E-state index contributed by atoms with van der Waals surface area (Å²) in [4.78, 5) is 29.6. The van der Waals surface area contributed by atoms with E-state index in [-0.39, 0.29) is 12.5 Å². The minimum atomic E-state index is -0.454. The monoisotopic (exact) mass is 314 g/mol. The molecule has 1 aromatic carbocycles. The van der Waals surface area contributed by atoms with Crippen molar-refractivity contribution < 1.29 is 14.3 Å². The molecule has 0 bridgehead atoms. The van der Waals surface area contributed by atoms with E-state index in [9.17, 15) is 9.59 Å². The number of H-pyrrole nitrogens is 1. The Kier molecular flexibility index (Phi) is 5.57. The number of benzene rings is 1. The van der Waals surface area contributed by atoms with Gasteiger partial charge in [0.15, 0.2) is 0 Å². The minimum absolute atomic E-state index is 0.0966. The molecule has 0 radical (unpaired) electrons. The molecule has 0 aliphatic heterocycles. The van der Waals surface area contributed by atoms with Crippen molar-refractivity contribution in [3.05, 3.63) is 47.8 Å². The molecular formula is C18H22N2O3. The maximum Gasteiger partial charge on any atom is 0.355 e. The molecule has 0 fully saturated rings. The Morgan fingerprint density at radius 3 is 2.30 bits per heavy atom. The van der Waals surface area contributed by atoms with E-state index in [0.717, 1.165) is 5.56 Å². The first kappa shape index (κ1) is 16.8. The van der Waals surface area contributed by atoms with Crippen molar-refractivity contribution in [1.29, 1.82) is 0 Å². The molecule has 0 atom stereocenters. The lowest BCUT2D eigenvalue weighted by Gasteiger charge is -2.19. The Bertz CT molecular complexity index is 673. The van der Waals surface area contributed by atoms with E-state index in [2.05, 4.69) is 4.98 Å². The highest BCUT2D eigenvalue weighted by Gasteiger charge is 2.25. The highest BCUT2D eigenvalue weighted by molar-refractivity contribution is 6.07. The summed E-state index contributed by atoms with van der Waals surface area (Å²) < 4.78 is 5.10. The van der Waals surface area contributed by atoms with Crippen molar-refractivity contribution in [1.82, 2.24) is 9.88 Å². The number of carbonyl (C=O) groups excluding carboxylic acids is 2. The maximum absolute atomic E-state index is 12.7. The fourth-order valence-corrected chi connectivity index (χ4v) is 2.54. The average Bonchev–Trinajstić information content (AvgIpc) is 3.02. The summed E-state index contributed by atoms with van der Waals surface area (Å²) in [5, 5.41) is 0. The van der Waals surface area contributed by atoms with Gasteiger partial charge in [0.05, 0.1) is 12.2 Å². The molecule has 0 saturated heterocycles. The predicted molar refractivity (Wildman–Crippen MR) is 89.4 cm³/mol. The van der Waals surface area contributed by atoms with Gasteiger partial charge in [-0.3, -0.25) is 4.79 Å². The van der Waals surface area contributed by atoms with E-state index in [4.69, 9.17) is 4.74 Å². The van der Waals surface area contributed by atoms with E-state index >= 15 is 0 Å². The molecule has 1 amide bonds. The fraction of sp³-hybridized carbons (Fsp3) is 0.333. The lowest BCUT2D eigenvalue weighted by Crippen LogP contribution is -2.30. The quantitative estimate of drug-likeness (QED) is 0.832. The molecule has 2 aromatic rings. The molecule has 5 heteroatoms. The molecule has 5 nitrogen and oxygen atoms in total. The molecule has 23 heavy (non-hydrogen) atoms. The van der Waals surface area contributed by atoms with Gasteiger partial charge in [0.2, 0.25) is 0 Å². The van der Waals surface area contributed by atoms with Crippen molar-refractivity contribution in [2.45, 2.75) is 20.8 Å². The number of rotatable bonds is 6. The summed E-state index contributed by atoms with van der Waals surface area (Å²) in [7, 11) is 0. The zero-order chi connectivity index (χ0) is 16.8. The average molecular weight is 314 g/mol. The first-order chi connectivity index (χ1) is 11.1. The van der Waals surface area contributed by atoms with E-state index < -0.39 is 5.97 Å². The third-order valence-corrected chi connectivity index (χ3v) is 3.70. The molecule has 0 saturated carbocycles. The molecule has 0 spiro atoms. The molecule has 2 rings (SSSR count). The van der Waals surface area contributed by atoms with Crippen LogP contribution in [-0.4, -0.2) is 41.5 Å². The number of nitrogens with zero attached hydrogens (tertiary/aromatic N) is 1. The van der Waals surface area contributed by atoms with Crippen molar-refractivity contribution in [2.24, 2.45) is 0 Å². The van der Waals surface area contributed by atoms with Crippen LogP contribution in [0.4, 0.5) is 0 Å². The number of aromatic nitrogens is 1. The standard InChI is InChI=1S/C18H22N2O3/c1-4-20(5-2)17(21)14-12-19-16(18(22)23-6-3)15(14)13-10-8-7-9-11-13/h7-12,19H,4-6H2,1-3H3. The second kappa shape index (κ2) is 7.63. The van der Waals surface area contributed by atoms with Crippen molar-refractivity contribution >= 4 is 11.9 Å². The topological polar surface area (TPSA) is 62.4 Å². The lowest BCUT2D eigenvalue weighted by molar-refractivity contribution is 0.0521. The van der Waals surface area contributed by atoms with Gasteiger partial charge in [0, 0.05) is 24.8 Å². The van der Waals surface area contributed by atoms with E-state index in [1.54, 1.807) is 18.0 Å². The molecule has 122 valence electrons. The van der Waals surface area contributed by atoms with Gasteiger partial charge in [-0.15, -0.1) is 0 Å². The van der Waals surface area contributed by atoms with Crippen molar-refractivity contribution in [2.75, 3.05) is 19.7 Å². The Labute approximate surface area is 136 Å². The first-order valence-corrected chi connectivity index (χ1v) is 7.87. The van der Waals surface area contributed by atoms with Gasteiger partial charge < -0.3 is 14.6 Å². The second-order valence-corrected chi connectivity index (χ2v) is 5.02. The zero-order valence-corrected chi connectivity index (χ0v) is 13.8. The van der Waals surface area contributed by atoms with Crippen LogP contribution in [0.1, 0.15) is 41.6 Å². The fourth-order valence-electron chi connectivity index (χ4n) is 2.54. The number of carbonyl (C=O) groups is 2. The van der Waals surface area contributed by atoms with Crippen LogP contribution in [0.2, 0.25) is 0 Å². The second-order valence-electron chi connectivity index (χ2n) is 5.02. The summed E-state index contributed by atoms with van der Waals surface area (Å²) in [6, 6.07) is 9.41. The van der Waals surface area contributed by atoms with Crippen molar-refractivity contribution in [3.63, 3.8) is 0 Å². The third-order valence-electron chi connectivity index (χ3n) is 3.70. The zero-order valence-electron chi connectivity index (χ0n) is 13.8. The third kappa shape index (κ3) is 3.44. The van der Waals surface area contributed by atoms with Crippen LogP contribution >= 0.6 is 0 Å². The number of hydrogen-bond acceptors (Lipinski definition) is 3. The molecule has 0 aliphatic carbocycles. The minimum Gasteiger partial charge on any atom is -0.461 e. The van der Waals surface area contributed by atoms with Crippen LogP contribution in [0.15, 0.2) is 36.5 Å². The van der Waals surface area contributed by atoms with Crippen LogP contribution in [0.5, 0.6) is 0 Å². The normalized spacial score (nSPS) is 10.4. The van der Waals surface area contributed by atoms with Gasteiger partial charge >= 0.3 is 5.97 Å². The number of hydrogen-bond donors (Lipinski definition) is 1. The molecular weight excluding hydrogens is 292 g/mol. The summed E-state index contributed by atoms with van der Waals surface area (Å²) in [6.45, 7) is 7.13. The molecule has 1 N–H and O–H groups in total. The van der Waals surface area contributed by atoms with Crippen LogP contribution in [-0.2, 0) is 4.74 Å². The number of esters is 1. The number of amides is 1. The Morgan fingerprint density at radius 1 is 1.09 bits per heavy atom. The number of nitrogens with one attached hydrogen (secondary N) is 1. The van der Waals surface area contributed by atoms with Crippen molar-refractivity contribution in [3.8, 4) is 11.1 Å². The van der Waals surface area contributed by atoms with Crippen LogP contribution in [0, 0.1) is 0 Å². The van der Waals surface area contributed by atoms with Gasteiger partial charge in [-0.2, -0.15) is 0 Å². The Balaban J connectivity index is 2.56. The summed E-state index contributed by atoms with van der Waals surface area (Å²) in [5.74, 6) is -0.550. The Hall–Kier alpha value is -2.56. The van der Waals surface area contributed by atoms with Gasteiger partial charge in [0.25, 0.3) is 5.91 Å². The largest absolute Gasteiger partial charge is 0.461 e. The van der Waals surface area contributed by atoms with E-state index in [1.807, 2.05) is 44.2 Å². The SMILES string of the molecule is CCOC(=O)c1[nH]cc(C(=O)N(CC)CC)c1-c1ccccc1. The smallest absolute Gasteiger partial charge is 0.355 e. The van der Waals surface area contributed by atoms with Gasteiger partial charge in [-0.05, 0) is 26.3 Å². The molecule has 0 unspecified atom stereocenters. The highest BCUT2D eigenvalue weighted by atomic mass is 16.5. The molecule has 1 heterocycles. The predicted octanol–water partition coefficient (Wildman–Crippen LogP) is 3.34. The van der Waals surface area contributed by atoms with Crippen LogP contribution < -0.4 is 0 Å². The van der Waals surface area contributed by atoms with Crippen LogP contribution in [0.25, 0.3) is 11.1 Å². The van der Waals surface area contributed by atoms with E-state index in [0.29, 0.717) is 29.9 Å². The lowest BCUT2D eigenvalue weighted by atomic mass is 10.0. The summed E-state index contributed by atoms with van der Waals surface area (Å²) in [6.07, 6.45) is 1.59. The highest BCUT2D eigenvalue weighted by Crippen LogP contribution is 2.29. The first-order valence-electron chi connectivity index (χ1n) is 7.87. The van der Waals surface area contributed by atoms with Crippen LogP contribution in [0.3, 0.4) is 0 Å². The maximum atomic E-state index is 12.7. The number of ether oxygens (including phenoxy) is 1. The van der Waals surface area contributed by atoms with E-state index in [1.165, 1.54) is 0 Å².